The number of nitrogens with one attached hydrogen (secondary N) is 3. The molecule has 2 rings (SSSR count). The minimum atomic E-state index is -0.489. The second-order valence-corrected chi connectivity index (χ2v) is 6.13. The summed E-state index contributed by atoms with van der Waals surface area (Å²) in [5.41, 5.74) is 0.716. The number of hydrogen-bond acceptors (Lipinski definition) is 3. The van der Waals surface area contributed by atoms with Gasteiger partial charge in [0.1, 0.15) is 11.6 Å². The van der Waals surface area contributed by atoms with Crippen molar-refractivity contribution >= 4 is 23.2 Å². The highest BCUT2D eigenvalue weighted by Crippen LogP contribution is 2.22. The van der Waals surface area contributed by atoms with Gasteiger partial charge in [-0.15, -0.1) is 0 Å². The molecule has 2 aromatic carbocycles. The van der Waals surface area contributed by atoms with Crippen molar-refractivity contribution in [3.05, 3.63) is 54.3 Å². The summed E-state index contributed by atoms with van der Waals surface area (Å²) in [5, 5.41) is 5.36. The first-order valence-corrected chi connectivity index (χ1v) is 8.84. The zero-order valence-electron chi connectivity index (χ0n) is 15.5. The molecular formula is C20H25FN3O3+. The van der Waals surface area contributed by atoms with Crippen molar-refractivity contribution in [3.63, 3.8) is 0 Å². The fourth-order valence-electron chi connectivity index (χ4n) is 2.75. The highest BCUT2D eigenvalue weighted by Gasteiger charge is 2.19. The third-order valence-electron chi connectivity index (χ3n) is 3.95. The number of benzene rings is 2. The minimum Gasteiger partial charge on any atom is -0.495 e. The number of hydrogen-bond donors (Lipinski definition) is 3. The molecule has 0 bridgehead atoms. The Morgan fingerprint density at radius 1 is 0.963 bits per heavy atom. The summed E-state index contributed by atoms with van der Waals surface area (Å²) in [6.07, 6.45) is 0.810. The van der Waals surface area contributed by atoms with Gasteiger partial charge in [0, 0.05) is 0 Å². The zero-order valence-corrected chi connectivity index (χ0v) is 15.5. The zero-order chi connectivity index (χ0) is 19.6. The number of para-hydroxylation sites is 3. The van der Waals surface area contributed by atoms with Crippen LogP contribution in [0.3, 0.4) is 0 Å². The van der Waals surface area contributed by atoms with E-state index in [4.69, 9.17) is 4.74 Å². The first-order valence-electron chi connectivity index (χ1n) is 8.84. The first kappa shape index (κ1) is 20.4. The normalized spacial score (nSPS) is 11.5. The van der Waals surface area contributed by atoms with Crippen LogP contribution in [0.2, 0.25) is 0 Å². The van der Waals surface area contributed by atoms with Gasteiger partial charge < -0.3 is 20.3 Å². The third kappa shape index (κ3) is 6.38. The molecule has 0 saturated heterocycles. The van der Waals surface area contributed by atoms with Crippen molar-refractivity contribution in [3.8, 4) is 5.75 Å². The van der Waals surface area contributed by atoms with Crippen molar-refractivity contribution in [2.24, 2.45) is 0 Å². The van der Waals surface area contributed by atoms with E-state index in [1.807, 2.05) is 13.0 Å². The number of quaternary nitrogens is 1. The maximum Gasteiger partial charge on any atom is 0.279 e. The van der Waals surface area contributed by atoms with Crippen molar-refractivity contribution in [1.82, 2.24) is 0 Å². The Morgan fingerprint density at radius 3 is 2.11 bits per heavy atom. The average Bonchev–Trinajstić information content (AvgIpc) is 2.64. The van der Waals surface area contributed by atoms with E-state index in [-0.39, 0.29) is 30.6 Å². The van der Waals surface area contributed by atoms with Crippen LogP contribution < -0.4 is 20.3 Å². The molecule has 2 aromatic rings. The number of anilines is 2. The third-order valence-corrected chi connectivity index (χ3v) is 3.95. The quantitative estimate of drug-likeness (QED) is 0.626. The lowest BCUT2D eigenvalue weighted by molar-refractivity contribution is -0.883. The molecule has 3 N–H and O–H groups in total. The Morgan fingerprint density at radius 2 is 1.52 bits per heavy atom. The number of halogens is 1. The Balaban J connectivity index is 1.95. The summed E-state index contributed by atoms with van der Waals surface area (Å²) in [6.45, 7) is 2.81. The summed E-state index contributed by atoms with van der Waals surface area (Å²) in [4.78, 5) is 25.4. The topological polar surface area (TPSA) is 71.9 Å². The summed E-state index contributed by atoms with van der Waals surface area (Å²) in [5.74, 6) is -0.479. The average molecular weight is 374 g/mol. The van der Waals surface area contributed by atoms with Crippen molar-refractivity contribution in [2.45, 2.75) is 13.3 Å². The van der Waals surface area contributed by atoms with Gasteiger partial charge in [0.2, 0.25) is 0 Å². The number of rotatable bonds is 9. The molecule has 1 unspecified atom stereocenters. The summed E-state index contributed by atoms with van der Waals surface area (Å²) >= 11 is 0. The van der Waals surface area contributed by atoms with E-state index in [1.165, 1.54) is 19.2 Å². The Bertz CT molecular complexity index is 783. The van der Waals surface area contributed by atoms with Crippen molar-refractivity contribution in [1.29, 1.82) is 0 Å². The maximum absolute atomic E-state index is 13.7. The minimum absolute atomic E-state index is 0.0710. The van der Waals surface area contributed by atoms with Crippen molar-refractivity contribution < 1.29 is 23.6 Å². The fourth-order valence-corrected chi connectivity index (χ4v) is 2.75. The fraction of sp³-hybridized carbons (Fsp3) is 0.300. The molecule has 0 aromatic heterocycles. The number of methoxy groups -OCH3 is 1. The number of carbonyl (C=O) groups excluding carboxylic acids is 2. The Labute approximate surface area is 158 Å². The largest absolute Gasteiger partial charge is 0.495 e. The monoisotopic (exact) mass is 374 g/mol. The van der Waals surface area contributed by atoms with E-state index in [0.29, 0.717) is 18.0 Å². The van der Waals surface area contributed by atoms with Crippen LogP contribution in [0.5, 0.6) is 5.75 Å². The molecular weight excluding hydrogens is 349 g/mol. The van der Waals surface area contributed by atoms with Gasteiger partial charge in [-0.25, -0.2) is 4.39 Å². The van der Waals surface area contributed by atoms with Crippen molar-refractivity contribution in [2.75, 3.05) is 37.4 Å². The molecule has 0 spiro atoms. The van der Waals surface area contributed by atoms with E-state index < -0.39 is 5.82 Å². The lowest BCUT2D eigenvalue weighted by atomic mass is 10.3. The molecule has 0 aliphatic carbocycles. The standard InChI is InChI=1S/C20H24FN3O3/c1-3-12-24(13-19(25)22-16-9-5-4-8-15(16)21)14-20(26)23-17-10-6-7-11-18(17)27-2/h4-11H,3,12-14H2,1-2H3,(H,22,25)(H,23,26)/p+1. The van der Waals surface area contributed by atoms with Gasteiger partial charge in [-0.2, -0.15) is 0 Å². The second kappa shape index (κ2) is 10.3. The molecule has 0 heterocycles. The van der Waals surface area contributed by atoms with Gasteiger partial charge in [0.15, 0.2) is 13.1 Å². The van der Waals surface area contributed by atoms with Crippen LogP contribution in [-0.2, 0) is 9.59 Å². The second-order valence-electron chi connectivity index (χ2n) is 6.13. The predicted molar refractivity (Wildman–Crippen MR) is 103 cm³/mol. The number of carbonyl (C=O) groups is 2. The smallest absolute Gasteiger partial charge is 0.279 e. The van der Waals surface area contributed by atoms with Crippen LogP contribution in [0.25, 0.3) is 0 Å². The Kier molecular flexibility index (Phi) is 7.76. The van der Waals surface area contributed by atoms with Gasteiger partial charge in [-0.1, -0.05) is 31.2 Å². The lowest BCUT2D eigenvalue weighted by Gasteiger charge is -2.18. The van der Waals surface area contributed by atoms with Gasteiger partial charge in [-0.3, -0.25) is 9.59 Å². The molecule has 0 aliphatic heterocycles. The first-order chi connectivity index (χ1) is 13.0. The van der Waals surface area contributed by atoms with E-state index in [1.54, 1.807) is 30.3 Å². The highest BCUT2D eigenvalue weighted by atomic mass is 19.1. The predicted octanol–water partition coefficient (Wildman–Crippen LogP) is 1.71. The highest BCUT2D eigenvalue weighted by molar-refractivity contribution is 5.94. The molecule has 2 amide bonds. The van der Waals surface area contributed by atoms with E-state index in [9.17, 15) is 14.0 Å². The number of amides is 2. The molecule has 144 valence electrons. The summed E-state index contributed by atoms with van der Waals surface area (Å²) in [7, 11) is 1.53. The Hall–Kier alpha value is -2.93. The SMILES string of the molecule is CCC[NH+](CC(=O)Nc1ccccc1F)CC(=O)Nc1ccccc1OC. The van der Waals surface area contributed by atoms with Crippen LogP contribution in [0, 0.1) is 5.82 Å². The summed E-state index contributed by atoms with van der Waals surface area (Å²) < 4.78 is 18.9. The van der Waals surface area contributed by atoms with E-state index in [2.05, 4.69) is 10.6 Å². The van der Waals surface area contributed by atoms with Crippen LogP contribution in [-0.4, -0.2) is 38.6 Å². The van der Waals surface area contributed by atoms with Crippen LogP contribution in [0.1, 0.15) is 13.3 Å². The van der Waals surface area contributed by atoms with Gasteiger partial charge >= 0.3 is 0 Å². The van der Waals surface area contributed by atoms with Gasteiger partial charge in [0.05, 0.1) is 25.0 Å². The van der Waals surface area contributed by atoms with Crippen LogP contribution >= 0.6 is 0 Å². The van der Waals surface area contributed by atoms with Gasteiger partial charge in [-0.05, 0) is 30.7 Å². The molecule has 1 atom stereocenters. The molecule has 0 aliphatic rings. The van der Waals surface area contributed by atoms with Gasteiger partial charge in [0.25, 0.3) is 11.8 Å². The molecule has 0 radical (unpaired) electrons. The molecule has 0 saturated carbocycles. The molecule has 7 heteroatoms. The van der Waals surface area contributed by atoms with Crippen LogP contribution in [0.15, 0.2) is 48.5 Å². The molecule has 27 heavy (non-hydrogen) atoms. The lowest BCUT2D eigenvalue weighted by Crippen LogP contribution is -3.14. The molecule has 0 fully saturated rings. The van der Waals surface area contributed by atoms with Crippen LogP contribution in [0.4, 0.5) is 15.8 Å². The van der Waals surface area contributed by atoms with E-state index in [0.717, 1.165) is 11.3 Å². The van der Waals surface area contributed by atoms with E-state index >= 15 is 0 Å². The maximum atomic E-state index is 13.7. The number of ether oxygens (including phenoxy) is 1. The molecule has 6 nitrogen and oxygen atoms in total. The summed E-state index contributed by atoms with van der Waals surface area (Å²) in [6, 6.07) is 13.1.